The first-order chi connectivity index (χ1) is 6.06. The number of aromatic hydroxyl groups is 1. The van der Waals surface area contributed by atoms with E-state index < -0.39 is 17.3 Å². The number of hydrogen-bond acceptors (Lipinski definition) is 3. The van der Waals surface area contributed by atoms with Crippen molar-refractivity contribution in [3.8, 4) is 5.75 Å². The quantitative estimate of drug-likeness (QED) is 0.435. The van der Waals surface area contributed by atoms with Gasteiger partial charge in [-0.25, -0.2) is 4.39 Å². The van der Waals surface area contributed by atoms with Gasteiger partial charge in [0.25, 0.3) is 0 Å². The molecule has 0 atom stereocenters. The highest BCUT2D eigenvalue weighted by Crippen LogP contribution is 2.23. The Balaban J connectivity index is 3.23. The number of anilines is 1. The van der Waals surface area contributed by atoms with Crippen molar-refractivity contribution in [1.29, 1.82) is 0 Å². The van der Waals surface area contributed by atoms with Crippen LogP contribution in [0.1, 0.15) is 10.4 Å². The molecule has 1 aromatic carbocycles. The van der Waals surface area contributed by atoms with Crippen LogP contribution >= 0.6 is 11.6 Å². The van der Waals surface area contributed by atoms with Gasteiger partial charge in [-0.3, -0.25) is 4.79 Å². The van der Waals surface area contributed by atoms with E-state index in [1.165, 1.54) is 0 Å². The molecule has 0 fully saturated rings. The zero-order valence-corrected chi connectivity index (χ0v) is 7.31. The van der Waals surface area contributed by atoms with Crippen molar-refractivity contribution in [3.63, 3.8) is 0 Å². The molecule has 13 heavy (non-hydrogen) atoms. The number of alkyl halides is 1. The Morgan fingerprint density at radius 2 is 2.23 bits per heavy atom. The van der Waals surface area contributed by atoms with E-state index in [4.69, 9.17) is 22.4 Å². The van der Waals surface area contributed by atoms with Crippen molar-refractivity contribution in [3.05, 3.63) is 23.5 Å². The molecular formula is C8H7ClFNO2. The van der Waals surface area contributed by atoms with E-state index in [1.807, 2.05) is 0 Å². The lowest BCUT2D eigenvalue weighted by molar-refractivity contribution is 0.102. The van der Waals surface area contributed by atoms with Crippen molar-refractivity contribution >= 4 is 23.1 Å². The van der Waals surface area contributed by atoms with Crippen molar-refractivity contribution in [2.24, 2.45) is 0 Å². The molecule has 0 unspecified atom stereocenters. The fraction of sp³-hybridized carbons (Fsp3) is 0.125. The lowest BCUT2D eigenvalue weighted by atomic mass is 10.1. The number of phenols is 1. The van der Waals surface area contributed by atoms with Crippen LogP contribution in [-0.2, 0) is 0 Å². The van der Waals surface area contributed by atoms with Gasteiger partial charge in [0.2, 0.25) is 0 Å². The third-order valence-corrected chi connectivity index (χ3v) is 1.78. The number of nitrogen functional groups attached to an aromatic ring is 1. The van der Waals surface area contributed by atoms with Gasteiger partial charge in [-0.1, -0.05) is 0 Å². The normalized spacial score (nSPS) is 10.0. The first-order valence-electron chi connectivity index (χ1n) is 3.43. The van der Waals surface area contributed by atoms with Crippen LogP contribution < -0.4 is 5.73 Å². The molecule has 70 valence electrons. The third kappa shape index (κ3) is 1.89. The van der Waals surface area contributed by atoms with Crippen molar-refractivity contribution < 1.29 is 14.3 Å². The average molecular weight is 204 g/mol. The van der Waals surface area contributed by atoms with Crippen LogP contribution in [0.5, 0.6) is 5.75 Å². The second kappa shape index (κ2) is 3.62. The number of ketones is 1. The number of benzene rings is 1. The number of carbonyl (C=O) groups excluding carboxylic acids is 1. The summed E-state index contributed by atoms with van der Waals surface area (Å²) < 4.78 is 12.8. The van der Waals surface area contributed by atoms with Gasteiger partial charge in [-0.2, -0.15) is 0 Å². The van der Waals surface area contributed by atoms with Gasteiger partial charge in [0.05, 0.1) is 5.88 Å². The summed E-state index contributed by atoms with van der Waals surface area (Å²) in [7, 11) is 0. The van der Waals surface area contributed by atoms with Crippen LogP contribution in [-0.4, -0.2) is 16.8 Å². The van der Waals surface area contributed by atoms with E-state index >= 15 is 0 Å². The molecular weight excluding hydrogens is 197 g/mol. The summed E-state index contributed by atoms with van der Waals surface area (Å²) >= 11 is 5.26. The summed E-state index contributed by atoms with van der Waals surface area (Å²) in [6.45, 7) is 0. The molecule has 5 heteroatoms. The maximum Gasteiger partial charge on any atom is 0.179 e. The number of carbonyl (C=O) groups is 1. The van der Waals surface area contributed by atoms with Gasteiger partial charge in [-0.15, -0.1) is 11.6 Å². The van der Waals surface area contributed by atoms with Gasteiger partial charge < -0.3 is 10.8 Å². The summed E-state index contributed by atoms with van der Waals surface area (Å²) in [5, 5.41) is 8.88. The Kier molecular flexibility index (Phi) is 2.72. The van der Waals surface area contributed by atoms with E-state index in [2.05, 4.69) is 0 Å². The molecule has 0 bridgehead atoms. The third-order valence-electron chi connectivity index (χ3n) is 1.54. The Morgan fingerprint density at radius 1 is 1.62 bits per heavy atom. The second-order valence-corrected chi connectivity index (χ2v) is 2.71. The fourth-order valence-electron chi connectivity index (χ4n) is 0.891. The minimum Gasteiger partial charge on any atom is -0.505 e. The zero-order valence-electron chi connectivity index (χ0n) is 6.55. The molecule has 0 spiro atoms. The Morgan fingerprint density at radius 3 is 2.77 bits per heavy atom. The summed E-state index contributed by atoms with van der Waals surface area (Å²) in [6, 6.07) is 1.85. The topological polar surface area (TPSA) is 63.3 Å². The number of Topliss-reactive ketones (excluding diaryl/α,β-unsaturated/α-hetero) is 1. The minimum absolute atomic E-state index is 0.00898. The molecule has 0 heterocycles. The van der Waals surface area contributed by atoms with Crippen molar-refractivity contribution in [2.75, 3.05) is 11.6 Å². The molecule has 0 aliphatic carbocycles. The van der Waals surface area contributed by atoms with E-state index in [-0.39, 0.29) is 17.1 Å². The summed E-state index contributed by atoms with van der Waals surface area (Å²) in [5.41, 5.74) is 5.37. The largest absolute Gasteiger partial charge is 0.505 e. The summed E-state index contributed by atoms with van der Waals surface area (Å²) in [5.74, 6) is -2.21. The second-order valence-electron chi connectivity index (χ2n) is 2.45. The molecule has 3 N–H and O–H groups in total. The molecule has 3 nitrogen and oxygen atoms in total. The van der Waals surface area contributed by atoms with Crippen LogP contribution in [0.15, 0.2) is 12.1 Å². The minimum atomic E-state index is -0.886. The van der Waals surface area contributed by atoms with Gasteiger partial charge in [0, 0.05) is 17.3 Å². The van der Waals surface area contributed by atoms with Crippen molar-refractivity contribution in [2.45, 2.75) is 0 Å². The predicted octanol–water partition coefficient (Wildman–Crippen LogP) is 1.53. The molecule has 0 saturated heterocycles. The summed E-state index contributed by atoms with van der Waals surface area (Å²) in [6.07, 6.45) is 0. The fourth-order valence-corrected chi connectivity index (χ4v) is 1.04. The molecule has 0 amide bonds. The van der Waals surface area contributed by atoms with E-state index in [0.29, 0.717) is 0 Å². The van der Waals surface area contributed by atoms with E-state index in [9.17, 15) is 9.18 Å². The molecule has 0 aromatic heterocycles. The Labute approximate surface area is 78.9 Å². The predicted molar refractivity (Wildman–Crippen MR) is 47.5 cm³/mol. The molecule has 0 aliphatic heterocycles. The highest BCUT2D eigenvalue weighted by molar-refractivity contribution is 6.31. The number of nitrogens with two attached hydrogens (primary N) is 1. The Hall–Kier alpha value is -1.29. The maximum atomic E-state index is 12.8. The smallest absolute Gasteiger partial charge is 0.179 e. The number of halogens is 2. The number of hydrogen-bond donors (Lipinski definition) is 2. The van der Waals surface area contributed by atoms with Crippen LogP contribution in [0.25, 0.3) is 0 Å². The first kappa shape index (κ1) is 9.80. The van der Waals surface area contributed by atoms with E-state index in [1.54, 1.807) is 0 Å². The van der Waals surface area contributed by atoms with Crippen LogP contribution in [0.3, 0.4) is 0 Å². The average Bonchev–Trinajstić information content (AvgIpc) is 2.10. The van der Waals surface area contributed by atoms with Crippen LogP contribution in [0, 0.1) is 5.82 Å². The number of phenolic OH excluding ortho intramolecular Hbond substituents is 1. The van der Waals surface area contributed by atoms with Gasteiger partial charge >= 0.3 is 0 Å². The first-order valence-corrected chi connectivity index (χ1v) is 3.97. The monoisotopic (exact) mass is 203 g/mol. The maximum absolute atomic E-state index is 12.8. The number of rotatable bonds is 2. The SMILES string of the molecule is Nc1cc(O)c(F)cc1C(=O)CCl. The molecule has 1 aromatic rings. The highest BCUT2D eigenvalue weighted by Gasteiger charge is 2.12. The molecule has 0 aliphatic rings. The van der Waals surface area contributed by atoms with Crippen LogP contribution in [0.2, 0.25) is 0 Å². The molecule has 0 radical (unpaired) electrons. The zero-order chi connectivity index (χ0) is 10.0. The standard InChI is InChI=1S/C8H7ClFNO2/c9-3-8(13)4-1-5(10)7(12)2-6(4)11/h1-2,12H,3,11H2. The highest BCUT2D eigenvalue weighted by atomic mass is 35.5. The summed E-state index contributed by atoms with van der Waals surface area (Å²) in [4.78, 5) is 11.0. The molecule has 0 saturated carbocycles. The van der Waals surface area contributed by atoms with Gasteiger partial charge in [-0.05, 0) is 6.07 Å². The lowest BCUT2D eigenvalue weighted by Gasteiger charge is -2.03. The molecule has 1 rings (SSSR count). The van der Waals surface area contributed by atoms with Gasteiger partial charge in [0.1, 0.15) is 0 Å². The Bertz CT molecular complexity index is 354. The van der Waals surface area contributed by atoms with E-state index in [0.717, 1.165) is 12.1 Å². The van der Waals surface area contributed by atoms with Crippen molar-refractivity contribution in [1.82, 2.24) is 0 Å². The lowest BCUT2D eigenvalue weighted by Crippen LogP contribution is -2.05. The van der Waals surface area contributed by atoms with Gasteiger partial charge in [0.15, 0.2) is 17.3 Å². The van der Waals surface area contributed by atoms with Crippen LogP contribution in [0.4, 0.5) is 10.1 Å².